The Morgan fingerprint density at radius 3 is 2.63 bits per heavy atom. The zero-order valence-electron chi connectivity index (χ0n) is 16.4. The van der Waals surface area contributed by atoms with E-state index in [1.54, 1.807) is 0 Å². The first-order valence-corrected chi connectivity index (χ1v) is 9.85. The third-order valence-corrected chi connectivity index (χ3v) is 5.51. The molecule has 4 rings (SSSR count). The highest BCUT2D eigenvalue weighted by molar-refractivity contribution is 5.97. The van der Waals surface area contributed by atoms with Gasteiger partial charge in [0.1, 0.15) is 5.82 Å². The van der Waals surface area contributed by atoms with Crippen LogP contribution >= 0.6 is 0 Å². The molecule has 1 atom stereocenters. The quantitative estimate of drug-likeness (QED) is 0.647. The fourth-order valence-electron chi connectivity index (χ4n) is 4.01. The predicted molar refractivity (Wildman–Crippen MR) is 110 cm³/mol. The molecule has 2 aromatic carbocycles. The number of imidazole rings is 1. The van der Waals surface area contributed by atoms with Crippen molar-refractivity contribution in [2.75, 3.05) is 11.4 Å². The number of carbonyl (C=O) groups excluding carboxylic acids is 1. The standard InChI is InChI=1S/C23H27N3O/c1-16(2)12-13-25-21-11-7-5-9-19(21)24-23(25)18-14-22(27)26(15-18)20-10-6-4-8-17(20)3/h4-11,16,18H,12-15H2,1-3H3. The lowest BCUT2D eigenvalue weighted by Crippen LogP contribution is -2.25. The minimum atomic E-state index is 0.136. The topological polar surface area (TPSA) is 38.1 Å². The first-order chi connectivity index (χ1) is 13.0. The van der Waals surface area contributed by atoms with Gasteiger partial charge in [-0.05, 0) is 43.0 Å². The second-order valence-electron chi connectivity index (χ2n) is 7.98. The van der Waals surface area contributed by atoms with Crippen molar-refractivity contribution in [3.05, 3.63) is 59.9 Å². The minimum absolute atomic E-state index is 0.136. The molecule has 3 aromatic rings. The average Bonchev–Trinajstić information content (AvgIpc) is 3.21. The summed E-state index contributed by atoms with van der Waals surface area (Å²) < 4.78 is 2.34. The van der Waals surface area contributed by atoms with Gasteiger partial charge in [0.2, 0.25) is 5.91 Å². The number of fused-ring (bicyclic) bond motifs is 1. The second-order valence-corrected chi connectivity index (χ2v) is 7.98. The summed E-state index contributed by atoms with van der Waals surface area (Å²) in [4.78, 5) is 19.7. The lowest BCUT2D eigenvalue weighted by Gasteiger charge is -2.19. The van der Waals surface area contributed by atoms with E-state index in [1.807, 2.05) is 29.2 Å². The summed E-state index contributed by atoms with van der Waals surface area (Å²) in [5, 5.41) is 0. The van der Waals surface area contributed by atoms with Gasteiger partial charge in [0, 0.05) is 31.1 Å². The molecular weight excluding hydrogens is 334 g/mol. The first-order valence-electron chi connectivity index (χ1n) is 9.85. The van der Waals surface area contributed by atoms with Gasteiger partial charge >= 0.3 is 0 Å². The Morgan fingerprint density at radius 2 is 1.85 bits per heavy atom. The summed E-state index contributed by atoms with van der Waals surface area (Å²) >= 11 is 0. The van der Waals surface area contributed by atoms with Crippen molar-refractivity contribution < 1.29 is 4.79 Å². The molecule has 0 radical (unpaired) electrons. The molecule has 0 saturated carbocycles. The van der Waals surface area contributed by atoms with Gasteiger partial charge < -0.3 is 9.47 Å². The number of aromatic nitrogens is 2. The van der Waals surface area contributed by atoms with Gasteiger partial charge in [-0.1, -0.05) is 44.2 Å². The van der Waals surface area contributed by atoms with Gasteiger partial charge in [-0.15, -0.1) is 0 Å². The number of rotatable bonds is 5. The molecule has 0 aliphatic carbocycles. The van der Waals surface area contributed by atoms with E-state index in [0.717, 1.165) is 35.6 Å². The highest BCUT2D eigenvalue weighted by Crippen LogP contribution is 2.34. The molecular formula is C23H27N3O. The van der Waals surface area contributed by atoms with Crippen LogP contribution in [0, 0.1) is 12.8 Å². The van der Waals surface area contributed by atoms with Gasteiger partial charge in [-0.3, -0.25) is 4.79 Å². The smallest absolute Gasteiger partial charge is 0.227 e. The van der Waals surface area contributed by atoms with E-state index >= 15 is 0 Å². The molecule has 4 heteroatoms. The van der Waals surface area contributed by atoms with Crippen LogP contribution in [-0.4, -0.2) is 22.0 Å². The molecule has 1 unspecified atom stereocenters. The molecule has 2 heterocycles. The van der Waals surface area contributed by atoms with Crippen molar-refractivity contribution in [1.29, 1.82) is 0 Å². The van der Waals surface area contributed by atoms with Crippen LogP contribution in [0.15, 0.2) is 48.5 Å². The summed E-state index contributed by atoms with van der Waals surface area (Å²) in [7, 11) is 0. The van der Waals surface area contributed by atoms with Gasteiger partial charge in [-0.2, -0.15) is 0 Å². The zero-order chi connectivity index (χ0) is 19.0. The largest absolute Gasteiger partial charge is 0.328 e. The Hall–Kier alpha value is -2.62. The highest BCUT2D eigenvalue weighted by Gasteiger charge is 2.35. The lowest BCUT2D eigenvalue weighted by atomic mass is 10.1. The first kappa shape index (κ1) is 17.8. The van der Waals surface area contributed by atoms with Gasteiger partial charge in [0.15, 0.2) is 0 Å². The molecule has 140 valence electrons. The van der Waals surface area contributed by atoms with E-state index in [2.05, 4.69) is 49.6 Å². The average molecular weight is 361 g/mol. The van der Waals surface area contributed by atoms with E-state index in [0.29, 0.717) is 18.9 Å². The molecule has 1 aliphatic heterocycles. The maximum absolute atomic E-state index is 12.8. The summed E-state index contributed by atoms with van der Waals surface area (Å²) in [6, 6.07) is 16.4. The number of aryl methyl sites for hydroxylation is 2. The van der Waals surface area contributed by atoms with Gasteiger partial charge in [0.05, 0.1) is 11.0 Å². The van der Waals surface area contributed by atoms with E-state index < -0.39 is 0 Å². The number of hydrogen-bond acceptors (Lipinski definition) is 2. The molecule has 1 saturated heterocycles. The molecule has 4 nitrogen and oxygen atoms in total. The van der Waals surface area contributed by atoms with Gasteiger partial charge in [0.25, 0.3) is 0 Å². The monoisotopic (exact) mass is 361 g/mol. The number of para-hydroxylation sites is 3. The molecule has 1 fully saturated rings. The van der Waals surface area contributed by atoms with E-state index in [-0.39, 0.29) is 11.8 Å². The van der Waals surface area contributed by atoms with E-state index in [4.69, 9.17) is 4.98 Å². The molecule has 1 aliphatic rings. The van der Waals surface area contributed by atoms with Crippen LogP contribution < -0.4 is 4.90 Å². The van der Waals surface area contributed by atoms with Crippen LogP contribution in [-0.2, 0) is 11.3 Å². The van der Waals surface area contributed by atoms with Crippen molar-refractivity contribution >= 4 is 22.6 Å². The molecule has 0 spiro atoms. The van der Waals surface area contributed by atoms with Crippen LogP contribution in [0.2, 0.25) is 0 Å². The van der Waals surface area contributed by atoms with Crippen molar-refractivity contribution in [3.63, 3.8) is 0 Å². The molecule has 1 amide bonds. The van der Waals surface area contributed by atoms with Crippen LogP contribution in [0.3, 0.4) is 0 Å². The molecule has 0 bridgehead atoms. The number of anilines is 1. The van der Waals surface area contributed by atoms with Crippen molar-refractivity contribution in [3.8, 4) is 0 Å². The van der Waals surface area contributed by atoms with Crippen LogP contribution in [0.5, 0.6) is 0 Å². The predicted octanol–water partition coefficient (Wildman–Crippen LogP) is 4.91. The molecule has 0 N–H and O–H groups in total. The number of nitrogens with zero attached hydrogens (tertiary/aromatic N) is 3. The maximum Gasteiger partial charge on any atom is 0.227 e. The van der Waals surface area contributed by atoms with Crippen molar-refractivity contribution in [2.45, 2.75) is 46.1 Å². The zero-order valence-corrected chi connectivity index (χ0v) is 16.4. The van der Waals surface area contributed by atoms with Gasteiger partial charge in [-0.25, -0.2) is 4.98 Å². The van der Waals surface area contributed by atoms with Crippen LogP contribution in [0.4, 0.5) is 5.69 Å². The summed E-state index contributed by atoms with van der Waals surface area (Å²) in [5.41, 5.74) is 4.36. The van der Waals surface area contributed by atoms with E-state index in [1.165, 1.54) is 5.52 Å². The fourth-order valence-corrected chi connectivity index (χ4v) is 4.01. The maximum atomic E-state index is 12.8. The van der Waals surface area contributed by atoms with Crippen LogP contribution in [0.25, 0.3) is 11.0 Å². The summed E-state index contributed by atoms with van der Waals surface area (Å²) in [6.45, 7) is 8.21. The number of benzene rings is 2. The Balaban J connectivity index is 1.69. The minimum Gasteiger partial charge on any atom is -0.328 e. The summed E-state index contributed by atoms with van der Waals surface area (Å²) in [6.07, 6.45) is 1.63. The number of hydrogen-bond donors (Lipinski definition) is 0. The third-order valence-electron chi connectivity index (χ3n) is 5.51. The Kier molecular flexibility index (Phi) is 4.73. The van der Waals surface area contributed by atoms with E-state index in [9.17, 15) is 4.79 Å². The Morgan fingerprint density at radius 1 is 1.11 bits per heavy atom. The number of amides is 1. The molecule has 27 heavy (non-hydrogen) atoms. The Bertz CT molecular complexity index is 973. The SMILES string of the molecule is Cc1ccccc1N1CC(c2nc3ccccc3n2CCC(C)C)CC1=O. The van der Waals surface area contributed by atoms with Crippen LogP contribution in [0.1, 0.15) is 44.0 Å². The third kappa shape index (κ3) is 3.36. The Labute approximate surface area is 160 Å². The molecule has 1 aromatic heterocycles. The second kappa shape index (κ2) is 7.18. The number of carbonyl (C=O) groups is 1. The lowest BCUT2D eigenvalue weighted by molar-refractivity contribution is -0.117. The van der Waals surface area contributed by atoms with Crippen molar-refractivity contribution in [2.24, 2.45) is 5.92 Å². The van der Waals surface area contributed by atoms with Crippen molar-refractivity contribution in [1.82, 2.24) is 9.55 Å². The highest BCUT2D eigenvalue weighted by atomic mass is 16.2. The normalized spacial score (nSPS) is 17.4. The summed E-state index contributed by atoms with van der Waals surface area (Å²) in [5.74, 6) is 2.02. The fraction of sp³-hybridized carbons (Fsp3) is 0.391.